The third-order valence-corrected chi connectivity index (χ3v) is 27.7. The monoisotopic (exact) mass is 2030 g/mol. The van der Waals surface area contributed by atoms with Crippen LogP contribution in [0.2, 0.25) is 0 Å². The van der Waals surface area contributed by atoms with Crippen LogP contribution in [0.5, 0.6) is 11.5 Å². The van der Waals surface area contributed by atoms with Crippen molar-refractivity contribution in [3.63, 3.8) is 0 Å². The van der Waals surface area contributed by atoms with Gasteiger partial charge in [0.1, 0.15) is 69.6 Å². The summed E-state index contributed by atoms with van der Waals surface area (Å²) in [7, 11) is 0. The molecule has 150 heavy (non-hydrogen) atoms. The topological polar surface area (TPSA) is 247 Å². The Hall–Kier alpha value is -16.0. The van der Waals surface area contributed by atoms with Gasteiger partial charge in [-0.25, -0.2) is 57.4 Å². The quantitative estimate of drug-likeness (QED) is 0.0372. The second-order valence-electron chi connectivity index (χ2n) is 38.7. The molecule has 764 valence electrons. The lowest BCUT2D eigenvalue weighted by Crippen LogP contribution is -2.20. The van der Waals surface area contributed by atoms with Crippen LogP contribution < -0.4 is 0 Å². The van der Waals surface area contributed by atoms with Gasteiger partial charge in [0.25, 0.3) is 0 Å². The van der Waals surface area contributed by atoms with E-state index in [0.29, 0.717) is 116 Å². The average molecular weight is 2030 g/mol. The second-order valence-corrected chi connectivity index (χ2v) is 38.7. The molecule has 4 atom stereocenters. The Kier molecular flexibility index (Phi) is 33.6. The van der Waals surface area contributed by atoms with Crippen LogP contribution in [0.4, 0.5) is 43.9 Å². The summed E-state index contributed by atoms with van der Waals surface area (Å²) in [6.45, 7) is 7.49. The summed E-state index contributed by atoms with van der Waals surface area (Å²) in [6, 6.07) is 76.0. The minimum absolute atomic E-state index is 0.0331. The summed E-state index contributed by atoms with van der Waals surface area (Å²) in [5.74, 6) is -2.50. The molecule has 2 N–H and O–H groups in total. The van der Waals surface area contributed by atoms with Crippen molar-refractivity contribution in [1.29, 1.82) is 0 Å². The summed E-state index contributed by atoms with van der Waals surface area (Å²) in [4.78, 5) is 90.5. The zero-order valence-corrected chi connectivity index (χ0v) is 83.3. The number of halogens is 10. The van der Waals surface area contributed by atoms with E-state index in [1.165, 1.54) is 33.6 Å². The van der Waals surface area contributed by atoms with E-state index < -0.39 is 58.8 Å². The van der Waals surface area contributed by atoms with Gasteiger partial charge in [-0.2, -0.15) is 36.5 Å². The third kappa shape index (κ3) is 26.9. The fourth-order valence-electron chi connectivity index (χ4n) is 20.5. The largest absolute Gasteiger partial charge is 0.508 e. The summed E-state index contributed by atoms with van der Waals surface area (Å²) in [6.07, 6.45) is 10.0. The molecule has 0 fully saturated rings. The molecule has 0 amide bonds. The van der Waals surface area contributed by atoms with Crippen molar-refractivity contribution in [3.8, 4) is 56.5 Å². The van der Waals surface area contributed by atoms with Crippen molar-refractivity contribution in [2.75, 3.05) is 0 Å². The summed E-state index contributed by atoms with van der Waals surface area (Å²) in [5.41, 5.74) is 19.7. The lowest BCUT2D eigenvalue weighted by Gasteiger charge is -2.18. The smallest absolute Gasteiger partial charge is 0.435 e. The number of carbonyl (C=O) groups is 4. The van der Waals surface area contributed by atoms with E-state index in [-0.39, 0.29) is 116 Å². The summed E-state index contributed by atoms with van der Waals surface area (Å²) < 4.78 is 140. The number of benzene rings is 10. The van der Waals surface area contributed by atoms with Gasteiger partial charge in [0.15, 0.2) is 23.0 Å². The van der Waals surface area contributed by atoms with Crippen molar-refractivity contribution in [1.82, 2.24) is 59.4 Å². The van der Waals surface area contributed by atoms with E-state index in [0.717, 1.165) is 138 Å². The molecule has 0 spiro atoms. The Morgan fingerprint density at radius 3 is 0.920 bits per heavy atom. The van der Waals surface area contributed by atoms with Crippen LogP contribution in [0.25, 0.3) is 56.2 Å². The molecule has 10 aromatic carbocycles. The number of fused-ring (bicyclic) bond motifs is 4. The van der Waals surface area contributed by atoms with Gasteiger partial charge < -0.3 is 10.2 Å². The second kappa shape index (κ2) is 47.9. The molecule has 28 heteroatoms. The Labute approximate surface area is 862 Å². The van der Waals surface area contributed by atoms with Crippen LogP contribution in [0.15, 0.2) is 292 Å². The minimum Gasteiger partial charge on any atom is -0.508 e. The number of Topliss-reactive ketones (excluding diaryl/α,β-unsaturated/α-hetero) is 4. The normalized spacial score (nSPS) is 13.7. The molecule has 4 aliphatic rings. The Bertz CT molecular complexity index is 7630. The number of hydrogen-bond acceptors (Lipinski definition) is 16. The maximum atomic E-state index is 14.0. The van der Waals surface area contributed by atoms with Gasteiger partial charge >= 0.3 is 12.4 Å². The summed E-state index contributed by atoms with van der Waals surface area (Å²) in [5, 5.41) is 27.5. The number of aromatic nitrogens is 12. The number of phenolic OH excluding ortho intramolecular Hbond substituents is 2. The molecule has 6 aromatic heterocycles. The van der Waals surface area contributed by atoms with Gasteiger partial charge in [-0.05, 0) is 268 Å². The highest BCUT2D eigenvalue weighted by Crippen LogP contribution is 2.43. The average Bonchev–Trinajstić information content (AvgIpc) is 1.63. The number of hydrogen-bond donors (Lipinski definition) is 2. The molecule has 16 aromatic rings. The number of ketones is 4. The van der Waals surface area contributed by atoms with Crippen LogP contribution in [-0.2, 0) is 109 Å². The molecular formula is C122H110F10N12O6. The number of aryl methyl sites for hydroxylation is 4. The molecule has 4 aliphatic carbocycles. The molecule has 4 unspecified atom stereocenters. The number of phenols is 2. The maximum Gasteiger partial charge on any atom is 0.435 e. The first kappa shape index (κ1) is 105. The fourth-order valence-corrected chi connectivity index (χ4v) is 20.5. The zero-order valence-electron chi connectivity index (χ0n) is 83.3. The van der Waals surface area contributed by atoms with Crippen LogP contribution in [-0.4, -0.2) is 92.8 Å². The number of carbonyl (C=O) groups excluding carboxylic acids is 4. The predicted octanol–water partition coefficient (Wildman–Crippen LogP) is 26.6. The first-order valence-electron chi connectivity index (χ1n) is 50.2. The number of allylic oxidation sites excluding steroid dienone is 4. The van der Waals surface area contributed by atoms with Crippen molar-refractivity contribution < 1.29 is 73.3 Å². The minimum atomic E-state index is -4.61. The molecule has 0 bridgehead atoms. The Morgan fingerprint density at radius 1 is 0.327 bits per heavy atom. The van der Waals surface area contributed by atoms with E-state index in [4.69, 9.17) is 15.0 Å². The summed E-state index contributed by atoms with van der Waals surface area (Å²) >= 11 is 0. The molecule has 0 saturated heterocycles. The van der Waals surface area contributed by atoms with Gasteiger partial charge in [-0.1, -0.05) is 182 Å². The molecule has 6 heterocycles. The van der Waals surface area contributed by atoms with Crippen LogP contribution in [0.1, 0.15) is 212 Å². The molecule has 0 radical (unpaired) electrons. The maximum absolute atomic E-state index is 14.0. The Morgan fingerprint density at radius 2 is 0.613 bits per heavy atom. The highest BCUT2D eigenvalue weighted by atomic mass is 19.4. The molecule has 0 aliphatic heterocycles. The number of nitrogens with zero attached hydrogens (tertiary/aromatic N) is 12. The highest BCUT2D eigenvalue weighted by Gasteiger charge is 2.42. The van der Waals surface area contributed by atoms with Gasteiger partial charge in [0.2, 0.25) is 0 Å². The van der Waals surface area contributed by atoms with E-state index in [2.05, 4.69) is 72.4 Å². The van der Waals surface area contributed by atoms with Crippen LogP contribution in [0.3, 0.4) is 0 Å². The molecule has 20 rings (SSSR count). The van der Waals surface area contributed by atoms with Gasteiger partial charge in [0, 0.05) is 144 Å². The zero-order chi connectivity index (χ0) is 105. The fraction of sp³-hybridized carbons (Fsp3) is 0.262. The van der Waals surface area contributed by atoms with Gasteiger partial charge in [-0.15, -0.1) is 0 Å². The van der Waals surface area contributed by atoms with Crippen molar-refractivity contribution in [2.45, 2.75) is 205 Å². The van der Waals surface area contributed by atoms with Crippen LogP contribution in [0, 0.1) is 51.0 Å². The predicted molar refractivity (Wildman–Crippen MR) is 555 cm³/mol. The lowest BCUT2D eigenvalue weighted by molar-refractivity contribution is -0.143. The highest BCUT2D eigenvalue weighted by molar-refractivity contribution is 5.94. The number of alkyl halides is 6. The number of rotatable bonds is 32. The lowest BCUT2D eigenvalue weighted by atomic mass is 9.90. The molecule has 18 nitrogen and oxygen atoms in total. The van der Waals surface area contributed by atoms with Crippen molar-refractivity contribution in [2.24, 2.45) is 0 Å². The first-order chi connectivity index (χ1) is 72.3. The van der Waals surface area contributed by atoms with E-state index in [9.17, 15) is 73.3 Å². The van der Waals surface area contributed by atoms with Crippen molar-refractivity contribution >= 4 is 34.3 Å². The van der Waals surface area contributed by atoms with Crippen molar-refractivity contribution in [3.05, 3.63) is 439 Å². The number of aromatic hydroxyl groups is 2. The SMILES string of the molecule is Cc1ccccc1-c1ccnc(C(CC(=O)CC2=CCc3ccc(O)cc32)Cc2cc(F)cc(F)c2)n1.Cc1ccccc1-c1ccnc(C(CC(=O)CC2=CCc3ccc(O)cc32)Cc2ccccc2)n1.Cc1ccccc1-c1ccnc(C(CC(=O)Cn2nc(C(F)(F)F)c3c2CCCC3)Cc2cc(F)cc(F)c2)n1.Cc1ccccc1-c1ccnc(C(CC(=O)Cn2nc(C(F)(F)F)c3c2CCCC3)Cc2ccccc2)n1. The standard InChI is InChI=1S/C31H26F2N2O2.C31H28N2O2.C30H27F5N4O.C30H29F3N4O/c1-19-4-2-3-5-28(19)30-10-11-34-31(35-30)23(12-20-13-24(32)17-25(33)14-20)16-27(37)15-22-7-6-21-8-9-26(36)18-29(21)22;1-21-7-5-6-10-28(21)30-15-16-32-31(33-30)25(17-22-8-3-2-4-9-22)19-27(35)18-24-12-11-23-13-14-26(34)20-29(23)24;1-18-6-2-3-7-24(18)26-10-11-36-29(37-26)20(12-19-13-21(31)16-22(32)14-19)15-23(40)17-39-27-9-5-4-8-25(27)28(38-39)30(33,34)35;1-20-9-5-6-12-24(20)26-15-16-34-29(35-26)22(17-21-10-3-2-4-11-21)18-23(38)19-37-27-14-8-7-13-25(27)28(36-37)30(31,32)33/h2-5,7-11,13-14,17-18,23,36H,6,12,15-16H2,1H3;2-10,12-16,20,25,34H,11,17-19H2,1H3;2-3,6-7,10-11,13-14,16,20H,4-5,8-9,12,15,17H2,1H3;2-6,9-12,15-16,22H,7-8,13-14,17-19H2,1H3. The van der Waals surface area contributed by atoms with Gasteiger partial charge in [0.05, 0.1) is 35.9 Å². The first-order valence-corrected chi connectivity index (χ1v) is 50.2. The molecular weight excluding hydrogens is 1920 g/mol. The van der Waals surface area contributed by atoms with Gasteiger partial charge in [-0.3, -0.25) is 28.5 Å². The van der Waals surface area contributed by atoms with E-state index in [1.54, 1.807) is 55.1 Å². The van der Waals surface area contributed by atoms with Crippen LogP contribution >= 0.6 is 0 Å². The Balaban J connectivity index is 0.000000136. The molecule has 0 saturated carbocycles. The van der Waals surface area contributed by atoms with E-state index >= 15 is 0 Å². The van der Waals surface area contributed by atoms with E-state index in [1.807, 2.05) is 191 Å². The third-order valence-electron chi connectivity index (χ3n) is 27.7.